The minimum Gasteiger partial charge on any atom is -0.381 e. The predicted octanol–water partition coefficient (Wildman–Crippen LogP) is 5.24. The first kappa shape index (κ1) is 20.8. The van der Waals surface area contributed by atoms with Crippen molar-refractivity contribution in [2.24, 2.45) is 0 Å². The minimum atomic E-state index is -5.68. The highest BCUT2D eigenvalue weighted by Gasteiger charge is 2.49. The van der Waals surface area contributed by atoms with E-state index in [9.17, 15) is 21.6 Å². The van der Waals surface area contributed by atoms with E-state index in [0.29, 0.717) is 18.4 Å². The molecule has 0 spiro atoms. The summed E-state index contributed by atoms with van der Waals surface area (Å²) in [5, 5.41) is 0. The van der Waals surface area contributed by atoms with Gasteiger partial charge in [0.25, 0.3) is 0 Å². The number of rotatable bonds is 7. The molecule has 8 heteroatoms. The van der Waals surface area contributed by atoms with Gasteiger partial charge in [0.2, 0.25) is 0 Å². The maximum atomic E-state index is 12.6. The van der Waals surface area contributed by atoms with Crippen molar-refractivity contribution < 1.29 is 30.5 Å². The molecule has 0 aliphatic carbocycles. The molecule has 1 aliphatic heterocycles. The van der Waals surface area contributed by atoms with E-state index in [-0.39, 0.29) is 11.9 Å². The molecule has 0 unspecified atom stereocenters. The van der Waals surface area contributed by atoms with E-state index < -0.39 is 21.7 Å². The number of hydrogen-bond acceptors (Lipinski definition) is 4. The van der Waals surface area contributed by atoms with Crippen LogP contribution in [0.3, 0.4) is 0 Å². The van der Waals surface area contributed by atoms with Gasteiger partial charge in [-0.2, -0.15) is 21.6 Å². The molecule has 1 aromatic carbocycles. The van der Waals surface area contributed by atoms with E-state index in [0.717, 1.165) is 24.8 Å². The molecule has 0 amide bonds. The van der Waals surface area contributed by atoms with Gasteiger partial charge in [0.1, 0.15) is 5.76 Å². The fourth-order valence-corrected chi connectivity index (χ4v) is 3.51. The van der Waals surface area contributed by atoms with Crippen LogP contribution in [0, 0.1) is 0 Å². The van der Waals surface area contributed by atoms with Crippen molar-refractivity contribution in [2.45, 2.75) is 63.7 Å². The van der Waals surface area contributed by atoms with Crippen molar-refractivity contribution in [1.29, 1.82) is 0 Å². The van der Waals surface area contributed by atoms with Crippen LogP contribution in [-0.2, 0) is 19.0 Å². The smallest absolute Gasteiger partial charge is 0.381 e. The van der Waals surface area contributed by atoms with Crippen LogP contribution < -0.4 is 0 Å². The number of halogens is 3. The van der Waals surface area contributed by atoms with Crippen molar-refractivity contribution in [1.82, 2.24) is 0 Å². The molecule has 1 aliphatic rings. The quantitative estimate of drug-likeness (QED) is 0.276. The monoisotopic (exact) mass is 392 g/mol. The molecule has 0 N–H and O–H groups in total. The molecule has 26 heavy (non-hydrogen) atoms. The highest BCUT2D eigenvalue weighted by Crippen LogP contribution is 2.41. The average molecular weight is 392 g/mol. The summed E-state index contributed by atoms with van der Waals surface area (Å²) in [6.07, 6.45) is 2.93. The molecule has 0 aromatic heterocycles. The molecule has 146 valence electrons. The first-order valence-electron chi connectivity index (χ1n) is 8.56. The number of hydrogen-bond donors (Lipinski definition) is 0. The van der Waals surface area contributed by atoms with E-state index in [4.69, 9.17) is 4.74 Å². The summed E-state index contributed by atoms with van der Waals surface area (Å²) in [6, 6.07) is 9.31. The lowest BCUT2D eigenvalue weighted by atomic mass is 9.98. The van der Waals surface area contributed by atoms with E-state index in [2.05, 4.69) is 4.18 Å². The second-order valence-corrected chi connectivity index (χ2v) is 7.83. The molecular weight excluding hydrogens is 369 g/mol. The maximum absolute atomic E-state index is 12.6. The van der Waals surface area contributed by atoms with Crippen molar-refractivity contribution in [3.8, 4) is 0 Å². The van der Waals surface area contributed by atoms with Gasteiger partial charge in [0.05, 0.1) is 12.2 Å². The summed E-state index contributed by atoms with van der Waals surface area (Å²) < 4.78 is 70.8. The van der Waals surface area contributed by atoms with Gasteiger partial charge in [0, 0.05) is 12.0 Å². The van der Waals surface area contributed by atoms with Gasteiger partial charge in [-0.15, -0.1) is 0 Å². The first-order chi connectivity index (χ1) is 12.2. The Kier molecular flexibility index (Phi) is 6.74. The highest BCUT2D eigenvalue weighted by molar-refractivity contribution is 7.87. The Morgan fingerprint density at radius 3 is 2.46 bits per heavy atom. The maximum Gasteiger partial charge on any atom is 0.534 e. The molecule has 4 nitrogen and oxygen atoms in total. The van der Waals surface area contributed by atoms with Gasteiger partial charge in [-0.1, -0.05) is 56.5 Å². The van der Waals surface area contributed by atoms with Crippen molar-refractivity contribution in [3.05, 3.63) is 47.2 Å². The second-order valence-electron chi connectivity index (χ2n) is 6.29. The average Bonchev–Trinajstić information content (AvgIpc) is 2.99. The van der Waals surface area contributed by atoms with Crippen LogP contribution in [0.1, 0.15) is 57.6 Å². The van der Waals surface area contributed by atoms with Crippen LogP contribution in [0.5, 0.6) is 0 Å². The van der Waals surface area contributed by atoms with Gasteiger partial charge in [-0.25, -0.2) is 0 Å². The molecular formula is C18H23F3O4S. The summed E-state index contributed by atoms with van der Waals surface area (Å²) in [6.45, 7) is 3.30. The summed E-state index contributed by atoms with van der Waals surface area (Å²) in [5.74, 6) is -0.248. The molecule has 0 radical (unpaired) electrons. The van der Waals surface area contributed by atoms with E-state index >= 15 is 0 Å². The number of benzene rings is 1. The van der Waals surface area contributed by atoms with Crippen molar-refractivity contribution in [3.63, 3.8) is 0 Å². The largest absolute Gasteiger partial charge is 0.534 e. The third kappa shape index (κ3) is 5.01. The molecule has 2 rings (SSSR count). The van der Waals surface area contributed by atoms with Crippen LogP contribution in [-0.4, -0.2) is 20.0 Å². The van der Waals surface area contributed by atoms with Gasteiger partial charge in [0.15, 0.2) is 0 Å². The standard InChI is InChI=1S/C18H23F3O4S/c1-3-4-6-11-16-15(13(2)25-26(22,23)18(19,20)21)12-17(24-16)14-9-7-5-8-10-14/h5,7-10,16-17H,3-4,6,11-12H2,1-2H3/t16-,17-/m1/s1. The fourth-order valence-electron chi connectivity index (χ4n) is 2.98. The second kappa shape index (κ2) is 8.43. The Bertz CT molecular complexity index is 727. The number of unbranched alkanes of at least 4 members (excludes halogenated alkanes) is 2. The van der Waals surface area contributed by atoms with E-state index in [1.165, 1.54) is 6.92 Å². The van der Waals surface area contributed by atoms with E-state index in [1.54, 1.807) is 0 Å². The Hall–Kier alpha value is -1.54. The molecule has 1 fully saturated rings. The van der Waals surface area contributed by atoms with Crippen molar-refractivity contribution in [2.75, 3.05) is 0 Å². The minimum absolute atomic E-state index is 0.248. The lowest BCUT2D eigenvalue weighted by molar-refractivity contribution is -0.0523. The summed E-state index contributed by atoms with van der Waals surface area (Å²) >= 11 is 0. The third-order valence-corrected chi connectivity index (χ3v) is 5.37. The molecule has 0 bridgehead atoms. The normalized spacial score (nSPS) is 23.1. The van der Waals surface area contributed by atoms with E-state index in [1.807, 2.05) is 37.3 Å². The predicted molar refractivity (Wildman–Crippen MR) is 91.6 cm³/mol. The van der Waals surface area contributed by atoms with Crippen LogP contribution in [0.2, 0.25) is 0 Å². The molecule has 0 saturated carbocycles. The van der Waals surface area contributed by atoms with Gasteiger partial charge < -0.3 is 8.92 Å². The van der Waals surface area contributed by atoms with Crippen molar-refractivity contribution >= 4 is 10.1 Å². The molecule has 1 saturated heterocycles. The fraction of sp³-hybridized carbons (Fsp3) is 0.556. The Morgan fingerprint density at radius 1 is 1.23 bits per heavy atom. The highest BCUT2D eigenvalue weighted by atomic mass is 32.2. The zero-order valence-electron chi connectivity index (χ0n) is 14.8. The zero-order valence-corrected chi connectivity index (χ0v) is 15.6. The molecule has 1 aromatic rings. The summed E-state index contributed by atoms with van der Waals surface area (Å²) in [7, 11) is -5.68. The number of ether oxygens (including phenoxy) is 1. The SMILES string of the molecule is CCCCC[C@H]1O[C@@H](c2ccccc2)CC1=C(C)OS(=O)(=O)C(F)(F)F. The molecule has 2 atom stereocenters. The van der Waals surface area contributed by atoms with Crippen LogP contribution in [0.15, 0.2) is 41.7 Å². The molecule has 1 heterocycles. The van der Waals surface area contributed by atoms with Crippen LogP contribution >= 0.6 is 0 Å². The van der Waals surface area contributed by atoms with Gasteiger partial charge >= 0.3 is 15.6 Å². The van der Waals surface area contributed by atoms with Gasteiger partial charge in [-0.3, -0.25) is 0 Å². The zero-order chi connectivity index (χ0) is 19.4. The first-order valence-corrected chi connectivity index (χ1v) is 9.97. The van der Waals surface area contributed by atoms with Crippen LogP contribution in [0.25, 0.3) is 0 Å². The Balaban J connectivity index is 2.26. The Labute approximate surface area is 152 Å². The topological polar surface area (TPSA) is 52.6 Å². The third-order valence-electron chi connectivity index (χ3n) is 4.33. The Morgan fingerprint density at radius 2 is 1.88 bits per heavy atom. The lowest BCUT2D eigenvalue weighted by Crippen LogP contribution is -2.25. The van der Waals surface area contributed by atoms with Gasteiger partial charge in [-0.05, 0) is 18.9 Å². The number of allylic oxidation sites excluding steroid dienone is 1. The number of alkyl halides is 3. The summed E-state index contributed by atoms with van der Waals surface area (Å²) in [4.78, 5) is 0. The summed E-state index contributed by atoms with van der Waals surface area (Å²) in [5.41, 5.74) is -4.08. The van der Waals surface area contributed by atoms with Crippen LogP contribution in [0.4, 0.5) is 13.2 Å². The lowest BCUT2D eigenvalue weighted by Gasteiger charge is -2.16.